The molecule has 5 heteroatoms. The normalized spacial score (nSPS) is 25.0. The molecule has 1 aromatic heterocycles. The molecule has 2 aliphatic heterocycles. The zero-order chi connectivity index (χ0) is 14.7. The number of pyridine rings is 1. The molecule has 0 saturated carbocycles. The zero-order valence-electron chi connectivity index (χ0n) is 12.4. The van der Waals surface area contributed by atoms with Crippen LogP contribution in [0.2, 0.25) is 0 Å². The van der Waals surface area contributed by atoms with Crippen molar-refractivity contribution in [3.63, 3.8) is 0 Å². The lowest BCUT2D eigenvalue weighted by atomic mass is 9.86. The Labute approximate surface area is 139 Å². The topological polar surface area (TPSA) is 31.4 Å². The minimum absolute atomic E-state index is 0.0703. The molecule has 3 rings (SSSR count). The summed E-state index contributed by atoms with van der Waals surface area (Å²) in [5.74, 6) is 3.35. The van der Waals surface area contributed by atoms with Crippen LogP contribution in [-0.2, 0) is 10.1 Å². The van der Waals surface area contributed by atoms with Gasteiger partial charge in [-0.1, -0.05) is 15.9 Å². The van der Waals surface area contributed by atoms with Gasteiger partial charge in [-0.05, 0) is 43.4 Å². The van der Waals surface area contributed by atoms with Crippen LogP contribution in [-0.4, -0.2) is 34.8 Å². The van der Waals surface area contributed by atoms with E-state index in [4.69, 9.17) is 9.47 Å². The molecule has 1 spiro atoms. The third-order valence-electron chi connectivity index (χ3n) is 4.34. The molecule has 1 atom stereocenters. The van der Waals surface area contributed by atoms with Gasteiger partial charge in [-0.15, -0.1) is 0 Å². The molecule has 0 N–H and O–H groups in total. The highest BCUT2D eigenvalue weighted by Crippen LogP contribution is 2.38. The number of hydrogen-bond acceptors (Lipinski definition) is 4. The fourth-order valence-electron chi connectivity index (χ4n) is 3.16. The third-order valence-corrected chi connectivity index (χ3v) is 5.86. The SMILES string of the molecule is Cc1ccc(OC2CCOC3(CCSCC3)C2)c(CBr)n1. The second-order valence-corrected chi connectivity index (χ2v) is 7.69. The van der Waals surface area contributed by atoms with Gasteiger partial charge < -0.3 is 9.47 Å². The van der Waals surface area contributed by atoms with Crippen LogP contribution in [0.25, 0.3) is 0 Å². The van der Waals surface area contributed by atoms with Crippen LogP contribution >= 0.6 is 27.7 Å². The van der Waals surface area contributed by atoms with Crippen molar-refractivity contribution in [1.29, 1.82) is 0 Å². The van der Waals surface area contributed by atoms with Crippen molar-refractivity contribution in [3.8, 4) is 5.75 Å². The summed E-state index contributed by atoms with van der Waals surface area (Å²) >= 11 is 5.55. The quantitative estimate of drug-likeness (QED) is 0.748. The smallest absolute Gasteiger partial charge is 0.142 e. The summed E-state index contributed by atoms with van der Waals surface area (Å²) < 4.78 is 12.4. The van der Waals surface area contributed by atoms with Crippen molar-refractivity contribution >= 4 is 27.7 Å². The van der Waals surface area contributed by atoms with E-state index in [1.54, 1.807) is 0 Å². The second-order valence-electron chi connectivity index (χ2n) is 5.91. The summed E-state index contributed by atoms with van der Waals surface area (Å²) in [7, 11) is 0. The number of ether oxygens (including phenoxy) is 2. The highest BCUT2D eigenvalue weighted by Gasteiger charge is 2.39. The first-order valence-electron chi connectivity index (χ1n) is 7.62. The predicted molar refractivity (Wildman–Crippen MR) is 90.5 cm³/mol. The van der Waals surface area contributed by atoms with Gasteiger partial charge >= 0.3 is 0 Å². The Bertz CT molecular complexity index is 486. The molecule has 3 heterocycles. The Morgan fingerprint density at radius 2 is 2.24 bits per heavy atom. The number of rotatable bonds is 3. The number of halogens is 1. The Morgan fingerprint density at radius 1 is 1.43 bits per heavy atom. The Kier molecular flexibility index (Phi) is 5.12. The summed E-state index contributed by atoms with van der Waals surface area (Å²) in [6, 6.07) is 4.08. The fraction of sp³-hybridized carbons (Fsp3) is 0.688. The summed E-state index contributed by atoms with van der Waals surface area (Å²) in [6.07, 6.45) is 4.57. The molecule has 0 aliphatic carbocycles. The molecule has 0 bridgehead atoms. The predicted octanol–water partition coefficient (Wildman–Crippen LogP) is 4.11. The summed E-state index contributed by atoms with van der Waals surface area (Å²) in [5.41, 5.74) is 2.10. The maximum Gasteiger partial charge on any atom is 0.142 e. The second kappa shape index (κ2) is 6.88. The molecule has 0 radical (unpaired) electrons. The van der Waals surface area contributed by atoms with Gasteiger partial charge in [0.05, 0.1) is 17.9 Å². The van der Waals surface area contributed by atoms with Crippen molar-refractivity contribution in [2.24, 2.45) is 0 Å². The summed E-state index contributed by atoms with van der Waals surface area (Å²) in [5, 5.41) is 0.731. The summed E-state index contributed by atoms with van der Waals surface area (Å²) in [6.45, 7) is 2.83. The number of aromatic nitrogens is 1. The van der Waals surface area contributed by atoms with Crippen molar-refractivity contribution < 1.29 is 9.47 Å². The molecule has 2 saturated heterocycles. The van der Waals surface area contributed by atoms with E-state index in [0.717, 1.165) is 54.8 Å². The first kappa shape index (κ1) is 15.6. The van der Waals surface area contributed by atoms with Gasteiger partial charge in [-0.2, -0.15) is 11.8 Å². The number of thioether (sulfide) groups is 1. The van der Waals surface area contributed by atoms with E-state index in [2.05, 4.69) is 27.0 Å². The van der Waals surface area contributed by atoms with Gasteiger partial charge in [0, 0.05) is 23.9 Å². The Morgan fingerprint density at radius 3 is 3.00 bits per heavy atom. The zero-order valence-corrected chi connectivity index (χ0v) is 14.8. The largest absolute Gasteiger partial charge is 0.488 e. The van der Waals surface area contributed by atoms with Crippen LogP contribution in [0.1, 0.15) is 37.1 Å². The molecule has 116 valence electrons. The third kappa shape index (κ3) is 3.74. The molecule has 21 heavy (non-hydrogen) atoms. The maximum atomic E-state index is 6.28. The minimum atomic E-state index is 0.0703. The molecule has 1 aromatic rings. The maximum absolute atomic E-state index is 6.28. The van der Waals surface area contributed by atoms with Gasteiger partial charge in [0.2, 0.25) is 0 Å². The molecule has 0 aromatic carbocycles. The van der Waals surface area contributed by atoms with Gasteiger partial charge in [-0.25, -0.2) is 0 Å². The lowest BCUT2D eigenvalue weighted by Gasteiger charge is -2.43. The van der Waals surface area contributed by atoms with E-state index < -0.39 is 0 Å². The first-order valence-corrected chi connectivity index (χ1v) is 9.89. The van der Waals surface area contributed by atoms with E-state index in [9.17, 15) is 0 Å². The standard InChI is InChI=1S/C16H22BrNO2S/c1-12-2-3-15(14(11-17)18-12)20-13-4-7-19-16(10-13)5-8-21-9-6-16/h2-3,13H,4-11H2,1H3. The van der Waals surface area contributed by atoms with Crippen molar-refractivity contribution in [2.75, 3.05) is 18.1 Å². The fourth-order valence-corrected chi connectivity index (χ4v) is 4.79. The van der Waals surface area contributed by atoms with Crippen LogP contribution in [0.15, 0.2) is 12.1 Å². The molecule has 2 fully saturated rings. The van der Waals surface area contributed by atoms with E-state index in [1.165, 1.54) is 11.5 Å². The van der Waals surface area contributed by atoms with E-state index in [1.807, 2.05) is 24.8 Å². The van der Waals surface area contributed by atoms with Crippen LogP contribution in [0, 0.1) is 6.92 Å². The average Bonchev–Trinajstić information content (AvgIpc) is 2.50. The highest BCUT2D eigenvalue weighted by molar-refractivity contribution is 9.08. The minimum Gasteiger partial charge on any atom is -0.488 e. The van der Waals surface area contributed by atoms with Gasteiger partial charge in [0.1, 0.15) is 11.9 Å². The molecule has 2 aliphatic rings. The van der Waals surface area contributed by atoms with Crippen molar-refractivity contribution in [1.82, 2.24) is 4.98 Å². The number of nitrogens with zero attached hydrogens (tertiary/aromatic N) is 1. The lowest BCUT2D eigenvalue weighted by molar-refractivity contribution is -0.116. The van der Waals surface area contributed by atoms with Crippen LogP contribution in [0.3, 0.4) is 0 Å². The average molecular weight is 372 g/mol. The number of hydrogen-bond donors (Lipinski definition) is 0. The Balaban J connectivity index is 1.70. The highest BCUT2D eigenvalue weighted by atomic mass is 79.9. The van der Waals surface area contributed by atoms with Gasteiger partial charge in [0.25, 0.3) is 0 Å². The van der Waals surface area contributed by atoms with Crippen molar-refractivity contribution in [2.45, 2.75) is 49.6 Å². The van der Waals surface area contributed by atoms with E-state index in [-0.39, 0.29) is 11.7 Å². The Hall–Kier alpha value is -0.260. The van der Waals surface area contributed by atoms with Crippen LogP contribution in [0.5, 0.6) is 5.75 Å². The van der Waals surface area contributed by atoms with Gasteiger partial charge in [0.15, 0.2) is 0 Å². The molecule has 0 amide bonds. The van der Waals surface area contributed by atoms with E-state index in [0.29, 0.717) is 0 Å². The van der Waals surface area contributed by atoms with Gasteiger partial charge in [-0.3, -0.25) is 4.98 Å². The number of aryl methyl sites for hydroxylation is 1. The molecular formula is C16H22BrNO2S. The summed E-state index contributed by atoms with van der Waals surface area (Å²) in [4.78, 5) is 4.55. The molecular weight excluding hydrogens is 350 g/mol. The number of alkyl halides is 1. The monoisotopic (exact) mass is 371 g/mol. The molecule has 1 unspecified atom stereocenters. The molecule has 3 nitrogen and oxygen atoms in total. The van der Waals surface area contributed by atoms with Crippen LogP contribution in [0.4, 0.5) is 0 Å². The van der Waals surface area contributed by atoms with Crippen molar-refractivity contribution in [3.05, 3.63) is 23.5 Å². The van der Waals surface area contributed by atoms with Crippen LogP contribution < -0.4 is 4.74 Å². The van der Waals surface area contributed by atoms with E-state index >= 15 is 0 Å². The lowest BCUT2D eigenvalue weighted by Crippen LogP contribution is -2.46. The first-order chi connectivity index (χ1) is 10.2.